The summed E-state index contributed by atoms with van der Waals surface area (Å²) in [4.78, 5) is 0.718. The maximum absolute atomic E-state index is 12.8. The van der Waals surface area contributed by atoms with Gasteiger partial charge in [0, 0.05) is 16.7 Å². The zero-order valence-corrected chi connectivity index (χ0v) is 12.6. The summed E-state index contributed by atoms with van der Waals surface area (Å²) in [6, 6.07) is 6.47. The van der Waals surface area contributed by atoms with Gasteiger partial charge in [0.2, 0.25) is 0 Å². The first-order chi connectivity index (χ1) is 9.17. The molecule has 2 unspecified atom stereocenters. The zero-order chi connectivity index (χ0) is 14.1. The minimum Gasteiger partial charge on any atom is -0.314 e. The Hall–Kier alpha value is -0.740. The lowest BCUT2D eigenvalue weighted by molar-refractivity contribution is 0.464. The third-order valence-electron chi connectivity index (χ3n) is 3.13. The average Bonchev–Trinajstić information content (AvgIpc) is 2.43. The minimum absolute atomic E-state index is 0.282. The predicted molar refractivity (Wildman–Crippen MR) is 79.3 cm³/mol. The first-order valence-electron chi connectivity index (χ1n) is 7.04. The molecule has 0 aromatic heterocycles. The molecular weight excluding hydrogens is 261 g/mol. The maximum Gasteiger partial charge on any atom is 0.123 e. The van der Waals surface area contributed by atoms with E-state index < -0.39 is 10.8 Å². The van der Waals surface area contributed by atoms with Crippen LogP contribution in [0, 0.1) is 5.82 Å². The van der Waals surface area contributed by atoms with Crippen LogP contribution in [0.4, 0.5) is 4.39 Å². The van der Waals surface area contributed by atoms with Gasteiger partial charge in [-0.2, -0.15) is 0 Å². The Morgan fingerprint density at radius 2 is 1.95 bits per heavy atom. The van der Waals surface area contributed by atoms with E-state index in [0.29, 0.717) is 11.8 Å². The number of hydrogen-bond acceptors (Lipinski definition) is 2. The van der Waals surface area contributed by atoms with Crippen LogP contribution in [0.15, 0.2) is 29.2 Å². The highest BCUT2D eigenvalue weighted by Gasteiger charge is 2.08. The highest BCUT2D eigenvalue weighted by atomic mass is 32.2. The van der Waals surface area contributed by atoms with Crippen LogP contribution >= 0.6 is 0 Å². The van der Waals surface area contributed by atoms with Gasteiger partial charge in [-0.1, -0.05) is 13.8 Å². The summed E-state index contributed by atoms with van der Waals surface area (Å²) < 4.78 is 24.8. The Labute approximate surface area is 118 Å². The monoisotopic (exact) mass is 285 g/mol. The van der Waals surface area contributed by atoms with Gasteiger partial charge in [0.05, 0.1) is 10.8 Å². The SMILES string of the molecule is CCCNC(CC)CCCS(=O)c1ccc(F)cc1. The van der Waals surface area contributed by atoms with Gasteiger partial charge in [-0.3, -0.25) is 4.21 Å². The van der Waals surface area contributed by atoms with E-state index in [1.807, 2.05) is 0 Å². The van der Waals surface area contributed by atoms with Crippen molar-refractivity contribution in [1.29, 1.82) is 0 Å². The van der Waals surface area contributed by atoms with E-state index in [1.54, 1.807) is 12.1 Å². The van der Waals surface area contributed by atoms with E-state index in [9.17, 15) is 8.60 Å². The van der Waals surface area contributed by atoms with Crippen molar-refractivity contribution in [2.24, 2.45) is 0 Å². The highest BCUT2D eigenvalue weighted by Crippen LogP contribution is 2.11. The molecule has 0 heterocycles. The molecule has 19 heavy (non-hydrogen) atoms. The summed E-state index contributed by atoms with van der Waals surface area (Å²) >= 11 is 0. The van der Waals surface area contributed by atoms with E-state index in [2.05, 4.69) is 19.2 Å². The fourth-order valence-electron chi connectivity index (χ4n) is 1.96. The fraction of sp³-hybridized carbons (Fsp3) is 0.600. The number of hydrogen-bond donors (Lipinski definition) is 1. The van der Waals surface area contributed by atoms with Gasteiger partial charge in [-0.25, -0.2) is 4.39 Å². The van der Waals surface area contributed by atoms with Crippen molar-refractivity contribution < 1.29 is 8.60 Å². The molecule has 2 atom stereocenters. The quantitative estimate of drug-likeness (QED) is 0.752. The normalized spacial score (nSPS) is 14.3. The highest BCUT2D eigenvalue weighted by molar-refractivity contribution is 7.85. The molecule has 0 bridgehead atoms. The van der Waals surface area contributed by atoms with Crippen molar-refractivity contribution in [3.8, 4) is 0 Å². The van der Waals surface area contributed by atoms with Crippen LogP contribution in [0.3, 0.4) is 0 Å². The largest absolute Gasteiger partial charge is 0.314 e. The van der Waals surface area contributed by atoms with Crippen LogP contribution in [0.2, 0.25) is 0 Å². The topological polar surface area (TPSA) is 29.1 Å². The van der Waals surface area contributed by atoms with Gasteiger partial charge in [0.15, 0.2) is 0 Å². The van der Waals surface area contributed by atoms with Crippen LogP contribution in [-0.4, -0.2) is 22.5 Å². The van der Waals surface area contributed by atoms with Crippen LogP contribution in [0.25, 0.3) is 0 Å². The third kappa shape index (κ3) is 6.30. The second kappa shape index (κ2) is 9.21. The molecule has 0 aliphatic carbocycles. The molecule has 0 fully saturated rings. The van der Waals surface area contributed by atoms with E-state index in [1.165, 1.54) is 12.1 Å². The molecule has 0 aliphatic heterocycles. The molecule has 1 rings (SSSR count). The Morgan fingerprint density at radius 1 is 1.26 bits per heavy atom. The van der Waals surface area contributed by atoms with Gasteiger partial charge in [-0.15, -0.1) is 0 Å². The summed E-state index contributed by atoms with van der Waals surface area (Å²) in [5.41, 5.74) is 0. The van der Waals surface area contributed by atoms with Crippen LogP contribution in [0.1, 0.15) is 39.5 Å². The molecule has 2 nitrogen and oxygen atoms in total. The smallest absolute Gasteiger partial charge is 0.123 e. The van der Waals surface area contributed by atoms with Crippen LogP contribution in [-0.2, 0) is 10.8 Å². The Bertz CT molecular complexity index is 380. The van der Waals surface area contributed by atoms with Crippen LogP contribution < -0.4 is 5.32 Å². The van der Waals surface area contributed by atoms with Gasteiger partial charge in [0.1, 0.15) is 5.82 Å². The van der Waals surface area contributed by atoms with Crippen molar-refractivity contribution in [2.75, 3.05) is 12.3 Å². The van der Waals surface area contributed by atoms with Crippen molar-refractivity contribution in [3.05, 3.63) is 30.1 Å². The molecule has 0 amide bonds. The average molecular weight is 285 g/mol. The van der Waals surface area contributed by atoms with Crippen molar-refractivity contribution in [1.82, 2.24) is 5.32 Å². The molecule has 0 radical (unpaired) electrons. The third-order valence-corrected chi connectivity index (χ3v) is 4.59. The molecule has 1 aromatic rings. The summed E-state index contributed by atoms with van der Waals surface area (Å²) in [5.74, 6) is 0.367. The minimum atomic E-state index is -1.01. The summed E-state index contributed by atoms with van der Waals surface area (Å²) in [6.45, 7) is 5.37. The summed E-state index contributed by atoms with van der Waals surface area (Å²) in [5, 5.41) is 3.49. The standard InChI is InChI=1S/C15H24FNOS/c1-3-11-17-14(4-2)6-5-12-19(18)15-9-7-13(16)8-10-15/h7-10,14,17H,3-6,11-12H2,1-2H3. The molecule has 1 aromatic carbocycles. The first-order valence-corrected chi connectivity index (χ1v) is 8.36. The van der Waals surface area contributed by atoms with Crippen molar-refractivity contribution in [2.45, 2.75) is 50.5 Å². The lowest BCUT2D eigenvalue weighted by Gasteiger charge is -2.16. The van der Waals surface area contributed by atoms with E-state index >= 15 is 0 Å². The second-order valence-corrected chi connectivity index (χ2v) is 6.28. The van der Waals surface area contributed by atoms with E-state index in [0.717, 1.165) is 37.1 Å². The van der Waals surface area contributed by atoms with Gasteiger partial charge in [-0.05, 0) is 56.5 Å². The fourth-order valence-corrected chi connectivity index (χ4v) is 3.07. The number of rotatable bonds is 9. The van der Waals surface area contributed by atoms with Gasteiger partial charge in [0.25, 0.3) is 0 Å². The van der Waals surface area contributed by atoms with Crippen molar-refractivity contribution >= 4 is 10.8 Å². The number of halogens is 1. The molecule has 4 heteroatoms. The summed E-state index contributed by atoms with van der Waals surface area (Å²) in [6.07, 6.45) is 4.21. The number of nitrogens with one attached hydrogen (secondary N) is 1. The predicted octanol–water partition coefficient (Wildman–Crippen LogP) is 3.49. The Kier molecular flexibility index (Phi) is 7.91. The van der Waals surface area contributed by atoms with E-state index in [4.69, 9.17) is 0 Å². The Morgan fingerprint density at radius 3 is 2.53 bits per heavy atom. The molecule has 0 spiro atoms. The molecule has 1 N–H and O–H groups in total. The van der Waals surface area contributed by atoms with Gasteiger partial charge < -0.3 is 5.32 Å². The summed E-state index contributed by atoms with van der Waals surface area (Å²) in [7, 11) is -1.01. The maximum atomic E-state index is 12.8. The molecule has 0 saturated heterocycles. The lowest BCUT2D eigenvalue weighted by atomic mass is 10.1. The zero-order valence-electron chi connectivity index (χ0n) is 11.8. The molecule has 0 aliphatic rings. The number of benzene rings is 1. The molecule has 108 valence electrons. The van der Waals surface area contributed by atoms with Crippen molar-refractivity contribution in [3.63, 3.8) is 0 Å². The molecule has 0 saturated carbocycles. The van der Waals surface area contributed by atoms with E-state index in [-0.39, 0.29) is 5.82 Å². The van der Waals surface area contributed by atoms with Gasteiger partial charge >= 0.3 is 0 Å². The Balaban J connectivity index is 2.31. The molecular formula is C15H24FNOS. The lowest BCUT2D eigenvalue weighted by Crippen LogP contribution is -2.29. The second-order valence-electron chi connectivity index (χ2n) is 4.71. The first kappa shape index (κ1) is 16.3. The van der Waals surface area contributed by atoms with Crippen LogP contribution in [0.5, 0.6) is 0 Å².